The second-order valence-corrected chi connectivity index (χ2v) is 10.2. The van der Waals surface area contributed by atoms with Gasteiger partial charge in [0.15, 0.2) is 0 Å². The van der Waals surface area contributed by atoms with E-state index >= 15 is 0 Å². The quantitative estimate of drug-likeness (QED) is 0.496. The lowest BCUT2D eigenvalue weighted by molar-refractivity contribution is -0.121. The summed E-state index contributed by atoms with van der Waals surface area (Å²) in [6, 6.07) is 12.5. The van der Waals surface area contributed by atoms with E-state index in [4.69, 9.17) is 9.26 Å². The van der Waals surface area contributed by atoms with Crippen molar-refractivity contribution in [2.75, 3.05) is 20.2 Å². The van der Waals surface area contributed by atoms with Crippen molar-refractivity contribution in [2.24, 2.45) is 0 Å². The van der Waals surface area contributed by atoms with Gasteiger partial charge in [-0.25, -0.2) is 8.42 Å². The van der Waals surface area contributed by atoms with Crippen molar-refractivity contribution < 1.29 is 22.5 Å². The van der Waals surface area contributed by atoms with Crippen LogP contribution in [0.25, 0.3) is 11.4 Å². The number of benzene rings is 2. The summed E-state index contributed by atoms with van der Waals surface area (Å²) in [5.41, 5.74) is 2.63. The van der Waals surface area contributed by atoms with Gasteiger partial charge in [0, 0.05) is 25.1 Å². The molecule has 1 fully saturated rings. The van der Waals surface area contributed by atoms with Crippen molar-refractivity contribution >= 4 is 15.9 Å². The molecule has 1 saturated heterocycles. The van der Waals surface area contributed by atoms with Crippen LogP contribution in [0.2, 0.25) is 0 Å². The van der Waals surface area contributed by atoms with E-state index in [1.54, 1.807) is 18.2 Å². The Bertz CT molecular complexity index is 1250. The summed E-state index contributed by atoms with van der Waals surface area (Å²) in [4.78, 5) is 17.0. The van der Waals surface area contributed by atoms with Gasteiger partial charge in [0.25, 0.3) is 0 Å². The van der Waals surface area contributed by atoms with Crippen LogP contribution < -0.4 is 10.1 Å². The molecule has 1 aliphatic heterocycles. The highest BCUT2D eigenvalue weighted by atomic mass is 32.2. The van der Waals surface area contributed by atoms with Crippen LogP contribution in [0.4, 0.5) is 0 Å². The fourth-order valence-electron chi connectivity index (χ4n) is 3.85. The van der Waals surface area contributed by atoms with E-state index in [9.17, 15) is 13.2 Å². The molecule has 1 N–H and O–H groups in total. The molecule has 180 valence electrons. The lowest BCUT2D eigenvalue weighted by Gasteiger charge is -2.17. The Balaban J connectivity index is 1.36. The number of carbonyl (C=O) groups is 1. The molecule has 0 radical (unpaired) electrons. The number of aryl methyl sites for hydroxylation is 2. The van der Waals surface area contributed by atoms with E-state index in [0.29, 0.717) is 42.5 Å². The molecule has 2 aromatic carbocycles. The zero-order valence-corrected chi connectivity index (χ0v) is 20.1. The van der Waals surface area contributed by atoms with Crippen LogP contribution in [-0.2, 0) is 27.8 Å². The summed E-state index contributed by atoms with van der Waals surface area (Å²) >= 11 is 0. The Morgan fingerprint density at radius 2 is 1.88 bits per heavy atom. The molecule has 0 bridgehead atoms. The fourth-order valence-corrected chi connectivity index (χ4v) is 5.41. The number of ether oxygens (including phenoxy) is 1. The molecule has 1 aliphatic rings. The summed E-state index contributed by atoms with van der Waals surface area (Å²) in [7, 11) is -2.02. The third kappa shape index (κ3) is 5.45. The molecule has 0 saturated carbocycles. The average molecular weight is 485 g/mol. The maximum atomic E-state index is 12.9. The van der Waals surface area contributed by atoms with Gasteiger partial charge in [0.2, 0.25) is 27.6 Å². The van der Waals surface area contributed by atoms with Crippen LogP contribution in [0.5, 0.6) is 5.75 Å². The fraction of sp³-hybridized carbons (Fsp3) is 0.375. The molecule has 0 atom stereocenters. The van der Waals surface area contributed by atoms with E-state index in [0.717, 1.165) is 24.0 Å². The topological polar surface area (TPSA) is 115 Å². The highest BCUT2D eigenvalue weighted by Gasteiger charge is 2.27. The number of aromatic nitrogens is 2. The number of hydrogen-bond acceptors (Lipinski definition) is 7. The molecule has 0 aliphatic carbocycles. The normalized spacial score (nSPS) is 14.3. The second kappa shape index (κ2) is 10.4. The lowest BCUT2D eigenvalue weighted by atomic mass is 10.1. The zero-order valence-electron chi connectivity index (χ0n) is 19.3. The predicted molar refractivity (Wildman–Crippen MR) is 126 cm³/mol. The lowest BCUT2D eigenvalue weighted by Crippen LogP contribution is -2.28. The molecule has 9 nitrogen and oxygen atoms in total. The molecular weight excluding hydrogens is 456 g/mol. The first kappa shape index (κ1) is 23.9. The van der Waals surface area contributed by atoms with Crippen molar-refractivity contribution in [3.63, 3.8) is 0 Å². The summed E-state index contributed by atoms with van der Waals surface area (Å²) in [6.07, 6.45) is 2.23. The van der Waals surface area contributed by atoms with Gasteiger partial charge in [0.05, 0.1) is 18.6 Å². The second-order valence-electron chi connectivity index (χ2n) is 8.24. The zero-order chi connectivity index (χ0) is 24.1. The molecule has 1 amide bonds. The largest absolute Gasteiger partial charge is 0.496 e. The highest BCUT2D eigenvalue weighted by Crippen LogP contribution is 2.27. The number of methoxy groups -OCH3 is 1. The van der Waals surface area contributed by atoms with Gasteiger partial charge in [-0.1, -0.05) is 35.0 Å². The first-order chi connectivity index (χ1) is 16.4. The summed E-state index contributed by atoms with van der Waals surface area (Å²) in [6.45, 7) is 3.18. The first-order valence-corrected chi connectivity index (χ1v) is 12.6. The molecule has 34 heavy (non-hydrogen) atoms. The van der Waals surface area contributed by atoms with Crippen LogP contribution in [0.1, 0.15) is 36.3 Å². The maximum Gasteiger partial charge on any atom is 0.246 e. The van der Waals surface area contributed by atoms with Gasteiger partial charge < -0.3 is 14.6 Å². The van der Waals surface area contributed by atoms with E-state index in [2.05, 4.69) is 15.5 Å². The van der Waals surface area contributed by atoms with Crippen LogP contribution in [-0.4, -0.2) is 49.0 Å². The van der Waals surface area contributed by atoms with E-state index < -0.39 is 10.0 Å². The molecule has 4 rings (SSSR count). The minimum Gasteiger partial charge on any atom is -0.496 e. The number of carbonyl (C=O) groups excluding carboxylic acids is 1. The minimum atomic E-state index is -3.54. The van der Waals surface area contributed by atoms with Gasteiger partial charge in [-0.2, -0.15) is 9.29 Å². The Morgan fingerprint density at radius 1 is 1.15 bits per heavy atom. The van der Waals surface area contributed by atoms with Crippen LogP contribution in [0, 0.1) is 6.92 Å². The Hall–Kier alpha value is -3.24. The van der Waals surface area contributed by atoms with Gasteiger partial charge in [-0.05, 0) is 49.9 Å². The standard InChI is InChI=1S/C24H28N4O5S/c1-17-5-7-18(8-6-17)24-26-23(33-27-24)16-25-22(29)12-9-19-15-20(10-11-21(19)32-2)34(30,31)28-13-3-4-14-28/h5-8,10-11,15H,3-4,9,12-14,16H2,1-2H3,(H,25,29). The SMILES string of the molecule is COc1ccc(S(=O)(=O)N2CCCC2)cc1CCC(=O)NCc1nc(-c2ccc(C)cc2)no1. The third-order valence-corrected chi connectivity index (χ3v) is 7.69. The number of nitrogens with zero attached hydrogens (tertiary/aromatic N) is 3. The number of amides is 1. The maximum absolute atomic E-state index is 12.9. The summed E-state index contributed by atoms with van der Waals surface area (Å²) < 4.78 is 37.9. The van der Waals surface area contributed by atoms with E-state index in [-0.39, 0.29) is 23.8 Å². The van der Waals surface area contributed by atoms with Gasteiger partial charge >= 0.3 is 0 Å². The molecule has 2 heterocycles. The van der Waals surface area contributed by atoms with Gasteiger partial charge in [-0.3, -0.25) is 4.79 Å². The number of rotatable bonds is 9. The smallest absolute Gasteiger partial charge is 0.246 e. The Labute approximate surface area is 199 Å². The highest BCUT2D eigenvalue weighted by molar-refractivity contribution is 7.89. The molecule has 0 unspecified atom stereocenters. The molecule has 1 aromatic heterocycles. The van der Waals surface area contributed by atoms with Crippen molar-refractivity contribution in [1.82, 2.24) is 19.8 Å². The molecule has 0 spiro atoms. The minimum absolute atomic E-state index is 0.109. The summed E-state index contributed by atoms with van der Waals surface area (Å²) in [5, 5.41) is 6.73. The third-order valence-electron chi connectivity index (χ3n) is 5.79. The summed E-state index contributed by atoms with van der Waals surface area (Å²) in [5.74, 6) is 1.10. The Morgan fingerprint density at radius 3 is 2.59 bits per heavy atom. The van der Waals surface area contributed by atoms with Gasteiger partial charge in [0.1, 0.15) is 5.75 Å². The monoisotopic (exact) mass is 484 g/mol. The Kier molecular flexibility index (Phi) is 7.28. The van der Waals surface area contributed by atoms with Crippen molar-refractivity contribution in [2.45, 2.75) is 44.0 Å². The molecule has 3 aromatic rings. The van der Waals surface area contributed by atoms with Crippen molar-refractivity contribution in [3.8, 4) is 17.1 Å². The van der Waals surface area contributed by atoms with Gasteiger partial charge in [-0.15, -0.1) is 0 Å². The first-order valence-electron chi connectivity index (χ1n) is 11.2. The van der Waals surface area contributed by atoms with Crippen molar-refractivity contribution in [3.05, 3.63) is 59.5 Å². The number of hydrogen-bond donors (Lipinski definition) is 1. The number of sulfonamides is 1. The van der Waals surface area contributed by atoms with E-state index in [1.165, 1.54) is 11.4 Å². The van der Waals surface area contributed by atoms with Crippen LogP contribution >= 0.6 is 0 Å². The van der Waals surface area contributed by atoms with E-state index in [1.807, 2.05) is 31.2 Å². The molecular formula is C24H28N4O5S. The average Bonchev–Trinajstić information content (AvgIpc) is 3.54. The predicted octanol–water partition coefficient (Wildman–Crippen LogP) is 3.09. The van der Waals surface area contributed by atoms with Crippen LogP contribution in [0.15, 0.2) is 51.9 Å². The van der Waals surface area contributed by atoms with Crippen molar-refractivity contribution in [1.29, 1.82) is 0 Å². The molecule has 10 heteroatoms. The number of nitrogens with one attached hydrogen (secondary N) is 1. The van der Waals surface area contributed by atoms with Crippen LogP contribution in [0.3, 0.4) is 0 Å².